The summed E-state index contributed by atoms with van der Waals surface area (Å²) in [7, 11) is -2.17. The highest BCUT2D eigenvalue weighted by Gasteiger charge is 2.34. The summed E-state index contributed by atoms with van der Waals surface area (Å²) < 4.78 is 33.7. The molecule has 3 rings (SSSR count). The molecule has 0 aliphatic carbocycles. The maximum atomic E-state index is 12.9. The van der Waals surface area contributed by atoms with Crippen LogP contribution in [0.3, 0.4) is 0 Å². The van der Waals surface area contributed by atoms with E-state index in [0.717, 1.165) is 5.56 Å². The zero-order valence-corrected chi connectivity index (χ0v) is 17.0. The number of anilines is 1. The molecule has 2 aromatic rings. The van der Waals surface area contributed by atoms with Crippen molar-refractivity contribution in [2.75, 3.05) is 32.1 Å². The molecule has 7 nitrogen and oxygen atoms in total. The van der Waals surface area contributed by atoms with E-state index < -0.39 is 16.1 Å². The number of carbonyl (C=O) groups is 1. The molecule has 0 radical (unpaired) electrons. The lowest BCUT2D eigenvalue weighted by Gasteiger charge is -2.34. The van der Waals surface area contributed by atoms with Crippen LogP contribution < -0.4 is 10.1 Å². The second-order valence-electron chi connectivity index (χ2n) is 6.44. The fourth-order valence-electron chi connectivity index (χ4n) is 3.04. The van der Waals surface area contributed by atoms with Crippen LogP contribution in [0.1, 0.15) is 12.0 Å². The fraction of sp³-hybridized carbons (Fsp3) is 0.316. The Morgan fingerprint density at radius 1 is 1.14 bits per heavy atom. The molecule has 28 heavy (non-hydrogen) atoms. The molecule has 150 valence electrons. The number of methoxy groups -OCH3 is 1. The highest BCUT2D eigenvalue weighted by atomic mass is 35.5. The number of benzene rings is 2. The molecule has 0 bridgehead atoms. The molecule has 0 aromatic heterocycles. The summed E-state index contributed by atoms with van der Waals surface area (Å²) in [4.78, 5) is 12.3. The molecule has 0 atom stereocenters. The molecule has 1 amide bonds. The average Bonchev–Trinajstić information content (AvgIpc) is 2.65. The van der Waals surface area contributed by atoms with E-state index in [1.165, 1.54) is 8.61 Å². The van der Waals surface area contributed by atoms with Crippen LogP contribution in [0.15, 0.2) is 48.5 Å². The van der Waals surface area contributed by atoms with Crippen LogP contribution in [0, 0.1) is 0 Å². The Morgan fingerprint density at radius 2 is 1.89 bits per heavy atom. The molecule has 1 heterocycles. The number of ether oxygens (including phenoxy) is 1. The largest absolute Gasteiger partial charge is 0.497 e. The standard InChI is InChI=1S/C19H22ClN3O4S/c1-27-18-8-2-5-15(11-18)13-22-9-4-10-23(28(22,25)26)14-19(24)21-17-7-3-6-16(20)12-17/h2-3,5-8,11-12H,4,9-10,13-14H2,1H3,(H,21,24). The van der Waals surface area contributed by atoms with Crippen molar-refractivity contribution in [3.05, 3.63) is 59.1 Å². The minimum Gasteiger partial charge on any atom is -0.497 e. The quantitative estimate of drug-likeness (QED) is 0.774. The molecule has 1 aliphatic rings. The summed E-state index contributed by atoms with van der Waals surface area (Å²) in [5.74, 6) is 0.263. The summed E-state index contributed by atoms with van der Waals surface area (Å²) in [5, 5.41) is 3.18. The third-order valence-corrected chi connectivity index (χ3v) is 6.55. The van der Waals surface area contributed by atoms with E-state index in [9.17, 15) is 13.2 Å². The van der Waals surface area contributed by atoms with Gasteiger partial charge in [0.25, 0.3) is 10.2 Å². The molecule has 9 heteroatoms. The maximum absolute atomic E-state index is 12.9. The van der Waals surface area contributed by atoms with Gasteiger partial charge in [-0.1, -0.05) is 29.8 Å². The first-order valence-corrected chi connectivity index (χ1v) is 10.6. The minimum absolute atomic E-state index is 0.228. The van der Waals surface area contributed by atoms with Crippen molar-refractivity contribution in [1.29, 1.82) is 0 Å². The van der Waals surface area contributed by atoms with Gasteiger partial charge in [-0.25, -0.2) is 0 Å². The van der Waals surface area contributed by atoms with Crippen LogP contribution in [0.25, 0.3) is 0 Å². The Labute approximate surface area is 170 Å². The van der Waals surface area contributed by atoms with E-state index in [4.69, 9.17) is 16.3 Å². The molecule has 2 aromatic carbocycles. The van der Waals surface area contributed by atoms with Crippen molar-refractivity contribution in [2.24, 2.45) is 0 Å². The van der Waals surface area contributed by atoms with Gasteiger partial charge in [-0.3, -0.25) is 4.79 Å². The number of nitrogens with zero attached hydrogens (tertiary/aromatic N) is 2. The lowest BCUT2D eigenvalue weighted by molar-refractivity contribution is -0.116. The third kappa shape index (κ3) is 5.02. The molecule has 1 fully saturated rings. The van der Waals surface area contributed by atoms with Crippen molar-refractivity contribution in [1.82, 2.24) is 8.61 Å². The molecule has 0 unspecified atom stereocenters. The molecule has 0 saturated carbocycles. The molecule has 1 aliphatic heterocycles. The van der Waals surface area contributed by atoms with Gasteiger partial charge in [0, 0.05) is 30.3 Å². The highest BCUT2D eigenvalue weighted by molar-refractivity contribution is 7.86. The Hall–Kier alpha value is -2.13. The predicted molar refractivity (Wildman–Crippen MR) is 109 cm³/mol. The van der Waals surface area contributed by atoms with Gasteiger partial charge in [0.2, 0.25) is 5.91 Å². The van der Waals surface area contributed by atoms with Crippen LogP contribution in [0.2, 0.25) is 5.02 Å². The Bertz CT molecular complexity index is 952. The predicted octanol–water partition coefficient (Wildman–Crippen LogP) is 2.74. The van der Waals surface area contributed by atoms with Gasteiger partial charge in [0.1, 0.15) is 5.75 Å². The summed E-state index contributed by atoms with van der Waals surface area (Å²) in [6, 6.07) is 14.0. The number of hydrogen-bond donors (Lipinski definition) is 1. The van der Waals surface area contributed by atoms with Gasteiger partial charge in [0.05, 0.1) is 13.7 Å². The van der Waals surface area contributed by atoms with Crippen molar-refractivity contribution >= 4 is 33.4 Å². The lowest BCUT2D eigenvalue weighted by Crippen LogP contribution is -2.51. The van der Waals surface area contributed by atoms with Crippen molar-refractivity contribution in [3.63, 3.8) is 0 Å². The van der Waals surface area contributed by atoms with Crippen molar-refractivity contribution < 1.29 is 17.9 Å². The molecule has 1 N–H and O–H groups in total. The van der Waals surface area contributed by atoms with E-state index in [2.05, 4.69) is 5.32 Å². The summed E-state index contributed by atoms with van der Waals surface area (Å²) in [5.41, 5.74) is 1.35. The zero-order valence-electron chi connectivity index (χ0n) is 15.5. The average molecular weight is 424 g/mol. The van der Waals surface area contributed by atoms with Gasteiger partial charge < -0.3 is 10.1 Å². The summed E-state index contributed by atoms with van der Waals surface area (Å²) >= 11 is 5.91. The van der Waals surface area contributed by atoms with Crippen LogP contribution >= 0.6 is 11.6 Å². The monoisotopic (exact) mass is 423 g/mol. The first kappa shape index (κ1) is 20.6. The topological polar surface area (TPSA) is 79.0 Å². The first-order chi connectivity index (χ1) is 13.4. The summed E-state index contributed by atoms with van der Waals surface area (Å²) in [6.45, 7) is 0.696. The maximum Gasteiger partial charge on any atom is 0.282 e. The minimum atomic E-state index is -3.74. The van der Waals surface area contributed by atoms with Crippen LogP contribution in [-0.2, 0) is 21.5 Å². The van der Waals surface area contributed by atoms with E-state index in [-0.39, 0.29) is 13.1 Å². The number of halogens is 1. The number of hydrogen-bond acceptors (Lipinski definition) is 4. The van der Waals surface area contributed by atoms with E-state index in [1.54, 1.807) is 43.5 Å². The van der Waals surface area contributed by atoms with E-state index in [1.807, 2.05) is 12.1 Å². The van der Waals surface area contributed by atoms with Gasteiger partial charge >= 0.3 is 0 Å². The van der Waals surface area contributed by atoms with Gasteiger partial charge in [-0.15, -0.1) is 0 Å². The lowest BCUT2D eigenvalue weighted by atomic mass is 10.2. The Kier molecular flexibility index (Phi) is 6.56. The van der Waals surface area contributed by atoms with Crippen LogP contribution in [0.4, 0.5) is 5.69 Å². The van der Waals surface area contributed by atoms with Crippen molar-refractivity contribution in [2.45, 2.75) is 13.0 Å². The van der Waals surface area contributed by atoms with Crippen molar-refractivity contribution in [3.8, 4) is 5.75 Å². The molecular weight excluding hydrogens is 402 g/mol. The molecule has 1 saturated heterocycles. The number of rotatable bonds is 6. The van der Waals surface area contributed by atoms with Gasteiger partial charge in [-0.05, 0) is 42.3 Å². The summed E-state index contributed by atoms with van der Waals surface area (Å²) in [6.07, 6.45) is 0.646. The van der Waals surface area contributed by atoms with Gasteiger partial charge in [-0.2, -0.15) is 17.0 Å². The Balaban J connectivity index is 1.67. The fourth-order valence-corrected chi connectivity index (χ4v) is 4.87. The van der Waals surface area contributed by atoms with Gasteiger partial charge in [0.15, 0.2) is 0 Å². The Morgan fingerprint density at radius 3 is 2.64 bits per heavy atom. The molecule has 0 spiro atoms. The van der Waals surface area contributed by atoms with E-state index >= 15 is 0 Å². The highest BCUT2D eigenvalue weighted by Crippen LogP contribution is 2.22. The number of nitrogens with one attached hydrogen (secondary N) is 1. The first-order valence-electron chi connectivity index (χ1n) is 8.82. The SMILES string of the molecule is COc1cccc(CN2CCCN(CC(=O)Nc3cccc(Cl)c3)S2(=O)=O)c1. The second-order valence-corrected chi connectivity index (χ2v) is 8.80. The second kappa shape index (κ2) is 8.91. The third-order valence-electron chi connectivity index (χ3n) is 4.39. The number of carbonyl (C=O) groups excluding carboxylic acids is 1. The number of amides is 1. The molecular formula is C19H22ClN3O4S. The smallest absolute Gasteiger partial charge is 0.282 e. The van der Waals surface area contributed by atoms with Crippen LogP contribution in [-0.4, -0.2) is 49.7 Å². The van der Waals surface area contributed by atoms with Crippen LogP contribution in [0.5, 0.6) is 5.75 Å². The van der Waals surface area contributed by atoms with E-state index in [0.29, 0.717) is 36.0 Å². The zero-order chi connectivity index (χ0) is 20.1. The normalized spacial score (nSPS) is 17.2.